The third kappa shape index (κ3) is 3.48. The Bertz CT molecular complexity index is 1380. The maximum atomic E-state index is 12.9. The smallest absolute Gasteiger partial charge is 0.268 e. The molecule has 0 aliphatic carbocycles. The average molecular weight is 419 g/mol. The van der Waals surface area contributed by atoms with E-state index in [1.807, 2.05) is 0 Å². The summed E-state index contributed by atoms with van der Waals surface area (Å²) in [5, 5.41) is 4.16. The van der Waals surface area contributed by atoms with Gasteiger partial charge in [0.1, 0.15) is 12.0 Å². The highest BCUT2D eigenvalue weighted by Gasteiger charge is 2.20. The van der Waals surface area contributed by atoms with Crippen molar-refractivity contribution in [3.8, 4) is 0 Å². The summed E-state index contributed by atoms with van der Waals surface area (Å²) in [5.74, 6) is -0.587. The molecule has 1 aromatic heterocycles. The number of nitrogens with zero attached hydrogens (tertiary/aromatic N) is 2. The Hall–Kier alpha value is -3.78. The summed E-state index contributed by atoms with van der Waals surface area (Å²) in [7, 11) is -2.26. The van der Waals surface area contributed by atoms with Crippen LogP contribution in [-0.2, 0) is 10.0 Å². The number of nitrogens with one attached hydrogen (secondary N) is 1. The number of carbonyl (C=O) groups is 2. The van der Waals surface area contributed by atoms with Crippen molar-refractivity contribution in [3.63, 3.8) is 0 Å². The molecule has 0 spiro atoms. The maximum absolute atomic E-state index is 12.9. The summed E-state index contributed by atoms with van der Waals surface area (Å²) in [6.07, 6.45) is 2.33. The molecule has 0 atom stereocenters. The monoisotopic (exact) mass is 419 g/mol. The van der Waals surface area contributed by atoms with E-state index in [1.54, 1.807) is 61.6 Å². The van der Waals surface area contributed by atoms with E-state index in [4.69, 9.17) is 0 Å². The lowest BCUT2D eigenvalue weighted by Crippen LogP contribution is -2.17. The van der Waals surface area contributed by atoms with Crippen molar-refractivity contribution in [2.75, 3.05) is 7.05 Å². The number of benzene rings is 3. The molecule has 1 amide bonds. The van der Waals surface area contributed by atoms with Crippen LogP contribution in [0.3, 0.4) is 0 Å². The van der Waals surface area contributed by atoms with Gasteiger partial charge in [0.2, 0.25) is 5.78 Å². The van der Waals surface area contributed by atoms with Crippen LogP contribution in [0.2, 0.25) is 0 Å². The lowest BCUT2D eigenvalue weighted by Gasteiger charge is -2.05. The van der Waals surface area contributed by atoms with Crippen molar-refractivity contribution >= 4 is 32.5 Å². The molecule has 0 saturated heterocycles. The molecular weight excluding hydrogens is 402 g/mol. The lowest BCUT2D eigenvalue weighted by atomic mass is 10.0. The quantitative estimate of drug-likeness (QED) is 0.502. The van der Waals surface area contributed by atoms with Crippen LogP contribution in [-0.4, -0.2) is 36.1 Å². The zero-order chi connectivity index (χ0) is 21.3. The molecule has 1 heterocycles. The van der Waals surface area contributed by atoms with Crippen LogP contribution < -0.4 is 5.32 Å². The number of carbonyl (C=O) groups excluding carboxylic acids is 2. The van der Waals surface area contributed by atoms with E-state index in [0.717, 1.165) is 21.1 Å². The Labute approximate surface area is 173 Å². The van der Waals surface area contributed by atoms with Crippen LogP contribution in [0.5, 0.6) is 0 Å². The van der Waals surface area contributed by atoms with Gasteiger partial charge in [-0.2, -0.15) is 0 Å². The van der Waals surface area contributed by atoms with Crippen molar-refractivity contribution in [1.29, 1.82) is 0 Å². The highest BCUT2D eigenvalue weighted by molar-refractivity contribution is 7.90. The van der Waals surface area contributed by atoms with Gasteiger partial charge in [-0.05, 0) is 41.1 Å². The summed E-state index contributed by atoms with van der Waals surface area (Å²) >= 11 is 0. The predicted molar refractivity (Wildman–Crippen MR) is 112 cm³/mol. The van der Waals surface area contributed by atoms with Crippen LogP contribution in [0.15, 0.2) is 84.1 Å². The van der Waals surface area contributed by atoms with Crippen molar-refractivity contribution in [2.24, 2.45) is 0 Å². The minimum atomic E-state index is -3.82. The normalized spacial score (nSPS) is 11.4. The zero-order valence-corrected chi connectivity index (χ0v) is 16.8. The molecule has 30 heavy (non-hydrogen) atoms. The van der Waals surface area contributed by atoms with Gasteiger partial charge < -0.3 is 5.32 Å². The Morgan fingerprint density at radius 3 is 2.20 bits per heavy atom. The number of hydrogen-bond donors (Lipinski definition) is 1. The molecule has 150 valence electrons. The second-order valence-corrected chi connectivity index (χ2v) is 8.44. The highest BCUT2D eigenvalue weighted by atomic mass is 32.2. The first kappa shape index (κ1) is 19.5. The van der Waals surface area contributed by atoms with E-state index in [-0.39, 0.29) is 16.5 Å². The molecule has 8 heteroatoms. The lowest BCUT2D eigenvalue weighted by molar-refractivity contribution is 0.0962. The molecule has 0 aliphatic heterocycles. The fourth-order valence-corrected chi connectivity index (χ4v) is 4.24. The standard InChI is InChI=1S/C22H17N3O4S/c1-23-22(27)18-10-8-15-11-17(9-7-16(15)12-18)21(26)20-13-25(14-24-20)30(28,29)19-5-3-2-4-6-19/h2-14H,1H3,(H,23,27). The van der Waals surface area contributed by atoms with Crippen LogP contribution in [0, 0.1) is 0 Å². The minimum Gasteiger partial charge on any atom is -0.355 e. The van der Waals surface area contributed by atoms with Gasteiger partial charge in [0.05, 0.1) is 11.1 Å². The van der Waals surface area contributed by atoms with E-state index in [1.165, 1.54) is 18.3 Å². The average Bonchev–Trinajstić information content (AvgIpc) is 3.29. The zero-order valence-electron chi connectivity index (χ0n) is 15.9. The van der Waals surface area contributed by atoms with Crippen molar-refractivity contribution in [3.05, 3.63) is 96.1 Å². The topological polar surface area (TPSA) is 98.1 Å². The fraction of sp³-hybridized carbons (Fsp3) is 0.0455. The number of aromatic nitrogens is 2. The van der Waals surface area contributed by atoms with Crippen LogP contribution in [0.1, 0.15) is 26.4 Å². The SMILES string of the molecule is CNC(=O)c1ccc2cc(C(=O)c3cn(S(=O)(=O)c4ccccc4)cn3)ccc2c1. The molecule has 3 aromatic carbocycles. The van der Waals surface area contributed by atoms with E-state index >= 15 is 0 Å². The molecule has 4 aromatic rings. The Morgan fingerprint density at radius 2 is 1.53 bits per heavy atom. The summed E-state index contributed by atoms with van der Waals surface area (Å²) < 4.78 is 26.3. The number of amides is 1. The second kappa shape index (κ2) is 7.57. The van der Waals surface area contributed by atoms with Gasteiger partial charge in [0.25, 0.3) is 15.9 Å². The molecule has 0 radical (unpaired) electrons. The van der Waals surface area contributed by atoms with Crippen molar-refractivity contribution in [1.82, 2.24) is 14.3 Å². The van der Waals surface area contributed by atoms with Gasteiger partial charge in [0, 0.05) is 18.2 Å². The van der Waals surface area contributed by atoms with Gasteiger partial charge in [-0.1, -0.05) is 36.4 Å². The molecule has 0 saturated carbocycles. The summed E-state index contributed by atoms with van der Waals surface area (Å²) in [6, 6.07) is 18.2. The van der Waals surface area contributed by atoms with E-state index in [0.29, 0.717) is 11.1 Å². The number of imidazole rings is 1. The van der Waals surface area contributed by atoms with Gasteiger partial charge in [0.15, 0.2) is 0 Å². The Morgan fingerprint density at radius 1 is 0.900 bits per heavy atom. The molecule has 0 aliphatic rings. The molecule has 4 rings (SSSR count). The Kier molecular flexibility index (Phi) is 4.93. The van der Waals surface area contributed by atoms with Crippen molar-refractivity contribution < 1.29 is 18.0 Å². The second-order valence-electron chi connectivity index (χ2n) is 6.59. The molecule has 0 unspecified atom stereocenters. The van der Waals surface area contributed by atoms with Crippen LogP contribution >= 0.6 is 0 Å². The molecule has 7 nitrogen and oxygen atoms in total. The van der Waals surface area contributed by atoms with E-state index in [2.05, 4.69) is 10.3 Å². The largest absolute Gasteiger partial charge is 0.355 e. The molecule has 1 N–H and O–H groups in total. The highest BCUT2D eigenvalue weighted by Crippen LogP contribution is 2.21. The fourth-order valence-electron chi connectivity index (χ4n) is 3.09. The number of hydrogen-bond acceptors (Lipinski definition) is 5. The third-order valence-corrected chi connectivity index (χ3v) is 6.33. The minimum absolute atomic E-state index is 0.0239. The number of rotatable bonds is 5. The summed E-state index contributed by atoms with van der Waals surface area (Å²) in [5.41, 5.74) is 0.919. The number of ketones is 1. The molecular formula is C22H17N3O4S. The molecule has 0 fully saturated rings. The van der Waals surface area contributed by atoms with Gasteiger partial charge in [-0.15, -0.1) is 0 Å². The molecule has 0 bridgehead atoms. The van der Waals surface area contributed by atoms with Gasteiger partial charge in [-0.25, -0.2) is 17.4 Å². The summed E-state index contributed by atoms with van der Waals surface area (Å²) in [6.45, 7) is 0. The third-order valence-electron chi connectivity index (χ3n) is 4.70. The van der Waals surface area contributed by atoms with Crippen LogP contribution in [0.25, 0.3) is 10.8 Å². The predicted octanol–water partition coefficient (Wildman–Crippen LogP) is 2.86. The Balaban J connectivity index is 1.65. The van der Waals surface area contributed by atoms with Gasteiger partial charge in [-0.3, -0.25) is 9.59 Å². The first-order valence-electron chi connectivity index (χ1n) is 9.05. The first-order valence-corrected chi connectivity index (χ1v) is 10.5. The number of fused-ring (bicyclic) bond motifs is 1. The van der Waals surface area contributed by atoms with Gasteiger partial charge >= 0.3 is 0 Å². The van der Waals surface area contributed by atoms with Crippen molar-refractivity contribution in [2.45, 2.75) is 4.90 Å². The van der Waals surface area contributed by atoms with Crippen LogP contribution in [0.4, 0.5) is 0 Å². The van der Waals surface area contributed by atoms with E-state index < -0.39 is 15.8 Å². The first-order chi connectivity index (χ1) is 14.4. The summed E-state index contributed by atoms with van der Waals surface area (Å²) in [4.78, 5) is 28.7. The maximum Gasteiger partial charge on any atom is 0.268 e. The van der Waals surface area contributed by atoms with E-state index in [9.17, 15) is 18.0 Å².